The summed E-state index contributed by atoms with van der Waals surface area (Å²) in [7, 11) is -1.85. The zero-order chi connectivity index (χ0) is 14.2. The number of aromatic amines is 1. The van der Waals surface area contributed by atoms with Crippen LogP contribution in [0.3, 0.4) is 0 Å². The van der Waals surface area contributed by atoms with E-state index in [0.29, 0.717) is 22.8 Å². The van der Waals surface area contributed by atoms with Crippen LogP contribution in [0.1, 0.15) is 30.7 Å². The van der Waals surface area contributed by atoms with Gasteiger partial charge in [0.25, 0.3) is 0 Å². The third kappa shape index (κ3) is 2.42. The van der Waals surface area contributed by atoms with E-state index < -0.39 is 10.0 Å². The number of hydrogen-bond acceptors (Lipinski definition) is 4. The van der Waals surface area contributed by atoms with Crippen molar-refractivity contribution < 1.29 is 8.42 Å². The molecular formula is C12H22N4O2S. The summed E-state index contributed by atoms with van der Waals surface area (Å²) in [5.74, 6) is 0.257. The molecule has 1 aromatic heterocycles. The number of sulfonamides is 1. The zero-order valence-electron chi connectivity index (χ0n) is 11.7. The van der Waals surface area contributed by atoms with E-state index in [4.69, 9.17) is 5.73 Å². The van der Waals surface area contributed by atoms with E-state index in [1.165, 1.54) is 4.31 Å². The van der Waals surface area contributed by atoms with E-state index in [1.807, 2.05) is 0 Å². The molecule has 0 bridgehead atoms. The monoisotopic (exact) mass is 286 g/mol. The van der Waals surface area contributed by atoms with E-state index in [0.717, 1.165) is 19.3 Å². The molecule has 1 heterocycles. The summed E-state index contributed by atoms with van der Waals surface area (Å²) in [5, 5.41) is 6.71. The van der Waals surface area contributed by atoms with Crippen molar-refractivity contribution in [1.82, 2.24) is 14.5 Å². The van der Waals surface area contributed by atoms with Crippen molar-refractivity contribution in [2.45, 2.75) is 44.0 Å². The molecule has 0 spiro atoms. The molecule has 0 aliphatic heterocycles. The maximum Gasteiger partial charge on any atom is 0.246 e. The highest BCUT2D eigenvalue weighted by Crippen LogP contribution is 2.32. The van der Waals surface area contributed by atoms with Gasteiger partial charge in [-0.1, -0.05) is 6.42 Å². The van der Waals surface area contributed by atoms with Crippen molar-refractivity contribution in [2.24, 2.45) is 11.7 Å². The van der Waals surface area contributed by atoms with Gasteiger partial charge in [-0.05, 0) is 39.2 Å². The minimum absolute atomic E-state index is 0.00343. The smallest absolute Gasteiger partial charge is 0.246 e. The molecule has 3 N–H and O–H groups in total. The summed E-state index contributed by atoms with van der Waals surface area (Å²) in [5.41, 5.74) is 6.85. The first-order valence-electron chi connectivity index (χ1n) is 6.59. The van der Waals surface area contributed by atoms with Crippen molar-refractivity contribution in [1.29, 1.82) is 0 Å². The van der Waals surface area contributed by atoms with Gasteiger partial charge in [0.2, 0.25) is 10.0 Å². The predicted octanol–water partition coefficient (Wildman–Crippen LogP) is 0.774. The maximum atomic E-state index is 12.7. The van der Waals surface area contributed by atoms with Crippen molar-refractivity contribution in [3.05, 3.63) is 11.4 Å². The van der Waals surface area contributed by atoms with Gasteiger partial charge in [-0.2, -0.15) is 9.40 Å². The third-order valence-electron chi connectivity index (χ3n) is 4.09. The Bertz CT molecular complexity index is 533. The first-order valence-corrected chi connectivity index (χ1v) is 8.03. The second-order valence-corrected chi connectivity index (χ2v) is 7.21. The second-order valence-electron chi connectivity index (χ2n) is 5.28. The Balaban J connectivity index is 2.35. The van der Waals surface area contributed by atoms with Crippen molar-refractivity contribution in [2.75, 3.05) is 13.6 Å². The number of aromatic nitrogens is 2. The summed E-state index contributed by atoms with van der Waals surface area (Å²) < 4.78 is 26.9. The van der Waals surface area contributed by atoms with Gasteiger partial charge in [0, 0.05) is 13.1 Å². The molecule has 1 aliphatic rings. The molecule has 108 valence electrons. The van der Waals surface area contributed by atoms with Gasteiger partial charge < -0.3 is 5.73 Å². The molecule has 0 saturated heterocycles. The number of nitrogens with one attached hydrogen (secondary N) is 1. The Kier molecular flexibility index (Phi) is 3.98. The minimum atomic E-state index is -3.50. The quantitative estimate of drug-likeness (QED) is 0.855. The van der Waals surface area contributed by atoms with Crippen LogP contribution in [0.4, 0.5) is 0 Å². The standard InChI is InChI=1S/C12H22N4O2S/c1-8-12(9(2)15-14-8)19(17,18)16(3)11-6-4-5-10(11)7-13/h10-11H,4-7,13H2,1-3H3,(H,14,15). The molecular weight excluding hydrogens is 264 g/mol. The van der Waals surface area contributed by atoms with E-state index in [9.17, 15) is 8.42 Å². The summed E-state index contributed by atoms with van der Waals surface area (Å²) in [6, 6.07) is 0.00343. The van der Waals surface area contributed by atoms with Crippen LogP contribution in [0, 0.1) is 19.8 Å². The van der Waals surface area contributed by atoms with Crippen LogP contribution in [-0.2, 0) is 10.0 Å². The first-order chi connectivity index (χ1) is 8.89. The van der Waals surface area contributed by atoms with Gasteiger partial charge in [0.15, 0.2) is 0 Å². The molecule has 2 rings (SSSR count). The normalized spacial score (nSPS) is 24.3. The highest BCUT2D eigenvalue weighted by molar-refractivity contribution is 7.89. The van der Waals surface area contributed by atoms with Gasteiger partial charge in [-0.15, -0.1) is 0 Å². The molecule has 2 unspecified atom stereocenters. The molecule has 1 saturated carbocycles. The molecule has 7 heteroatoms. The maximum absolute atomic E-state index is 12.7. The Morgan fingerprint density at radius 3 is 2.63 bits per heavy atom. The topological polar surface area (TPSA) is 92.1 Å². The molecule has 0 aromatic carbocycles. The second kappa shape index (κ2) is 5.22. The number of aryl methyl sites for hydroxylation is 2. The SMILES string of the molecule is Cc1n[nH]c(C)c1S(=O)(=O)N(C)C1CCCC1CN. The molecule has 19 heavy (non-hydrogen) atoms. The predicted molar refractivity (Wildman–Crippen MR) is 73.2 cm³/mol. The van der Waals surface area contributed by atoms with E-state index >= 15 is 0 Å². The molecule has 1 aromatic rings. The number of hydrogen-bond donors (Lipinski definition) is 2. The average Bonchev–Trinajstić information content (AvgIpc) is 2.94. The van der Waals surface area contributed by atoms with E-state index in [-0.39, 0.29) is 12.0 Å². The molecule has 0 radical (unpaired) electrons. The van der Waals surface area contributed by atoms with Crippen molar-refractivity contribution in [3.8, 4) is 0 Å². The Hall–Kier alpha value is -0.920. The molecule has 1 fully saturated rings. The lowest BCUT2D eigenvalue weighted by Gasteiger charge is -2.28. The van der Waals surface area contributed by atoms with E-state index in [1.54, 1.807) is 20.9 Å². The Morgan fingerprint density at radius 1 is 1.42 bits per heavy atom. The van der Waals surface area contributed by atoms with Crippen LogP contribution >= 0.6 is 0 Å². The van der Waals surface area contributed by atoms with Gasteiger partial charge in [-0.3, -0.25) is 5.10 Å². The third-order valence-corrected chi connectivity index (χ3v) is 6.23. The van der Waals surface area contributed by atoms with E-state index in [2.05, 4.69) is 10.2 Å². The fourth-order valence-corrected chi connectivity index (χ4v) is 4.79. The number of nitrogens with zero attached hydrogens (tertiary/aromatic N) is 2. The van der Waals surface area contributed by atoms with Crippen molar-refractivity contribution in [3.63, 3.8) is 0 Å². The molecule has 2 atom stereocenters. The fourth-order valence-electron chi connectivity index (χ4n) is 3.01. The lowest BCUT2D eigenvalue weighted by Crippen LogP contribution is -2.41. The van der Waals surface area contributed by atoms with Crippen molar-refractivity contribution >= 4 is 10.0 Å². The van der Waals surface area contributed by atoms with Crippen LogP contribution < -0.4 is 5.73 Å². The molecule has 6 nitrogen and oxygen atoms in total. The van der Waals surface area contributed by atoms with Crippen LogP contribution in [0.2, 0.25) is 0 Å². The van der Waals surface area contributed by atoms with Crippen LogP contribution in [0.5, 0.6) is 0 Å². The summed E-state index contributed by atoms with van der Waals surface area (Å²) in [4.78, 5) is 0.303. The van der Waals surface area contributed by atoms with Crippen LogP contribution in [-0.4, -0.2) is 42.6 Å². The average molecular weight is 286 g/mol. The highest BCUT2D eigenvalue weighted by atomic mass is 32.2. The lowest BCUT2D eigenvalue weighted by molar-refractivity contribution is 0.304. The van der Waals surface area contributed by atoms with Crippen LogP contribution in [0.25, 0.3) is 0 Å². The van der Waals surface area contributed by atoms with Gasteiger partial charge in [0.1, 0.15) is 4.90 Å². The lowest BCUT2D eigenvalue weighted by atomic mass is 10.0. The summed E-state index contributed by atoms with van der Waals surface area (Å²) in [6.45, 7) is 3.98. The Labute approximate surface area is 114 Å². The van der Waals surface area contributed by atoms with Crippen LogP contribution in [0.15, 0.2) is 4.90 Å². The minimum Gasteiger partial charge on any atom is -0.330 e. The number of H-pyrrole nitrogens is 1. The summed E-state index contributed by atoms with van der Waals surface area (Å²) in [6.07, 6.45) is 2.92. The van der Waals surface area contributed by atoms with Gasteiger partial charge in [-0.25, -0.2) is 8.42 Å². The molecule has 1 aliphatic carbocycles. The van der Waals surface area contributed by atoms with Gasteiger partial charge in [0.05, 0.1) is 11.4 Å². The highest BCUT2D eigenvalue weighted by Gasteiger charge is 2.37. The Morgan fingerprint density at radius 2 is 2.11 bits per heavy atom. The number of rotatable bonds is 4. The summed E-state index contributed by atoms with van der Waals surface area (Å²) >= 11 is 0. The zero-order valence-corrected chi connectivity index (χ0v) is 12.5. The largest absolute Gasteiger partial charge is 0.330 e. The number of nitrogens with two attached hydrogens (primary N) is 1. The first kappa shape index (κ1) is 14.5. The molecule has 0 amide bonds. The fraction of sp³-hybridized carbons (Fsp3) is 0.750. The van der Waals surface area contributed by atoms with Gasteiger partial charge >= 0.3 is 0 Å².